The fourth-order valence-electron chi connectivity index (χ4n) is 2.20. The maximum Gasteiger partial charge on any atom is 0.161 e. The van der Waals surface area contributed by atoms with Crippen LogP contribution >= 0.6 is 11.3 Å². The van der Waals surface area contributed by atoms with Crippen LogP contribution in [-0.4, -0.2) is 32.9 Å². The Morgan fingerprint density at radius 3 is 2.48 bits per heavy atom. The topological polar surface area (TPSA) is 40.6 Å². The monoisotopic (exact) mass is 307 g/mol. The number of hydrogen-bond donors (Lipinski definition) is 0. The molecule has 1 atom stereocenters. The zero-order valence-corrected chi connectivity index (χ0v) is 13.9. The van der Waals surface area contributed by atoms with Crippen molar-refractivity contribution in [3.05, 3.63) is 28.1 Å². The number of methoxy groups -OCH3 is 3. The smallest absolute Gasteiger partial charge is 0.161 e. The molecule has 0 aliphatic rings. The van der Waals surface area contributed by atoms with E-state index >= 15 is 0 Å². The minimum atomic E-state index is 0.299. The van der Waals surface area contributed by atoms with Crippen LogP contribution in [0.25, 0.3) is 11.3 Å². The van der Waals surface area contributed by atoms with Crippen molar-refractivity contribution in [2.24, 2.45) is 0 Å². The molecule has 0 saturated carbocycles. The van der Waals surface area contributed by atoms with Crippen LogP contribution in [0.2, 0.25) is 0 Å². The summed E-state index contributed by atoms with van der Waals surface area (Å²) in [6.07, 6.45) is 0. The van der Waals surface area contributed by atoms with Gasteiger partial charge in [0.15, 0.2) is 11.5 Å². The van der Waals surface area contributed by atoms with Gasteiger partial charge in [0.2, 0.25) is 0 Å². The van der Waals surface area contributed by atoms with E-state index in [4.69, 9.17) is 19.2 Å². The van der Waals surface area contributed by atoms with Crippen LogP contribution in [0.4, 0.5) is 0 Å². The summed E-state index contributed by atoms with van der Waals surface area (Å²) in [5.41, 5.74) is 2.04. The van der Waals surface area contributed by atoms with E-state index in [0.717, 1.165) is 22.0 Å². The van der Waals surface area contributed by atoms with Crippen molar-refractivity contribution >= 4 is 11.3 Å². The zero-order valence-electron chi connectivity index (χ0n) is 13.1. The standard InChI is InChI=1S/C16H21NO3S/c1-10(9-18-3)16-17-15(11(2)21-16)12-6-7-13(19-4)14(8-12)20-5/h6-8,10H,9H2,1-5H3. The van der Waals surface area contributed by atoms with E-state index in [1.165, 1.54) is 4.88 Å². The van der Waals surface area contributed by atoms with Gasteiger partial charge >= 0.3 is 0 Å². The van der Waals surface area contributed by atoms with E-state index in [2.05, 4.69) is 13.8 Å². The molecule has 114 valence electrons. The second-order valence-electron chi connectivity index (χ2n) is 4.88. The van der Waals surface area contributed by atoms with Gasteiger partial charge in [-0.2, -0.15) is 0 Å². The fraction of sp³-hybridized carbons (Fsp3) is 0.438. The third kappa shape index (κ3) is 3.36. The van der Waals surface area contributed by atoms with Crippen molar-refractivity contribution in [3.63, 3.8) is 0 Å². The second-order valence-corrected chi connectivity index (χ2v) is 6.12. The number of rotatable bonds is 6. The molecule has 5 heteroatoms. The summed E-state index contributed by atoms with van der Waals surface area (Å²) in [4.78, 5) is 5.97. The zero-order chi connectivity index (χ0) is 15.4. The fourth-order valence-corrected chi connectivity index (χ4v) is 3.18. The molecule has 1 unspecified atom stereocenters. The van der Waals surface area contributed by atoms with Crippen LogP contribution in [0.1, 0.15) is 22.7 Å². The third-order valence-electron chi connectivity index (χ3n) is 3.31. The lowest BCUT2D eigenvalue weighted by molar-refractivity contribution is 0.184. The lowest BCUT2D eigenvalue weighted by Gasteiger charge is -2.09. The van der Waals surface area contributed by atoms with Gasteiger partial charge in [-0.25, -0.2) is 4.98 Å². The molecule has 0 saturated heterocycles. The minimum Gasteiger partial charge on any atom is -0.493 e. The minimum absolute atomic E-state index is 0.299. The van der Waals surface area contributed by atoms with Gasteiger partial charge in [-0.05, 0) is 25.1 Å². The lowest BCUT2D eigenvalue weighted by Crippen LogP contribution is -2.01. The first kappa shape index (κ1) is 15.8. The molecule has 1 aromatic carbocycles. The highest BCUT2D eigenvalue weighted by atomic mass is 32.1. The number of aromatic nitrogens is 1. The van der Waals surface area contributed by atoms with E-state index in [1.807, 2.05) is 18.2 Å². The van der Waals surface area contributed by atoms with Gasteiger partial charge in [-0.3, -0.25) is 0 Å². The Balaban J connectivity index is 2.38. The number of ether oxygens (including phenoxy) is 3. The first-order chi connectivity index (χ1) is 10.1. The molecule has 0 N–H and O–H groups in total. The van der Waals surface area contributed by atoms with Gasteiger partial charge in [0, 0.05) is 23.5 Å². The van der Waals surface area contributed by atoms with Gasteiger partial charge in [-0.1, -0.05) is 6.92 Å². The third-order valence-corrected chi connectivity index (χ3v) is 4.51. The van der Waals surface area contributed by atoms with Gasteiger partial charge in [0.05, 0.1) is 31.5 Å². The van der Waals surface area contributed by atoms with E-state index in [0.29, 0.717) is 18.3 Å². The predicted octanol–water partition coefficient (Wildman–Crippen LogP) is 3.89. The van der Waals surface area contributed by atoms with Crippen molar-refractivity contribution in [2.75, 3.05) is 27.9 Å². The Morgan fingerprint density at radius 1 is 1.14 bits per heavy atom. The summed E-state index contributed by atoms with van der Waals surface area (Å²) in [6, 6.07) is 5.88. The first-order valence-corrected chi connectivity index (χ1v) is 7.61. The van der Waals surface area contributed by atoms with Crippen LogP contribution in [0.15, 0.2) is 18.2 Å². The highest BCUT2D eigenvalue weighted by molar-refractivity contribution is 7.12. The predicted molar refractivity (Wildman–Crippen MR) is 85.7 cm³/mol. The Labute approximate surface area is 129 Å². The maximum atomic E-state index is 5.36. The Morgan fingerprint density at radius 2 is 1.86 bits per heavy atom. The summed E-state index contributed by atoms with van der Waals surface area (Å²) < 4.78 is 15.8. The molecule has 0 spiro atoms. The molecule has 0 aliphatic carbocycles. The van der Waals surface area contributed by atoms with Crippen LogP contribution in [0, 0.1) is 6.92 Å². The number of nitrogens with zero attached hydrogens (tertiary/aromatic N) is 1. The van der Waals surface area contributed by atoms with E-state index in [9.17, 15) is 0 Å². The molecule has 0 amide bonds. The summed E-state index contributed by atoms with van der Waals surface area (Å²) in [5.74, 6) is 1.74. The Kier molecular flexibility index (Phi) is 5.20. The Bertz CT molecular complexity index is 610. The molecule has 0 fully saturated rings. The molecule has 0 radical (unpaired) electrons. The highest BCUT2D eigenvalue weighted by Crippen LogP contribution is 2.36. The number of hydrogen-bond acceptors (Lipinski definition) is 5. The lowest BCUT2D eigenvalue weighted by atomic mass is 10.1. The molecule has 0 bridgehead atoms. The van der Waals surface area contributed by atoms with Gasteiger partial charge in [0.25, 0.3) is 0 Å². The van der Waals surface area contributed by atoms with Crippen LogP contribution in [0.5, 0.6) is 11.5 Å². The SMILES string of the molecule is COCC(C)c1nc(-c2ccc(OC)c(OC)c2)c(C)s1. The first-order valence-electron chi connectivity index (χ1n) is 6.79. The number of benzene rings is 1. The van der Waals surface area contributed by atoms with E-state index < -0.39 is 0 Å². The molecule has 1 aromatic heterocycles. The summed E-state index contributed by atoms with van der Waals surface area (Å²) in [7, 11) is 4.99. The molecule has 2 aromatic rings. The van der Waals surface area contributed by atoms with Gasteiger partial charge < -0.3 is 14.2 Å². The van der Waals surface area contributed by atoms with Crippen molar-refractivity contribution in [2.45, 2.75) is 19.8 Å². The van der Waals surface area contributed by atoms with Gasteiger partial charge in [0.1, 0.15) is 0 Å². The highest BCUT2D eigenvalue weighted by Gasteiger charge is 2.16. The van der Waals surface area contributed by atoms with Crippen LogP contribution in [0.3, 0.4) is 0 Å². The second kappa shape index (κ2) is 6.91. The molecular formula is C16H21NO3S. The average Bonchev–Trinajstić information content (AvgIpc) is 2.89. The van der Waals surface area contributed by atoms with Gasteiger partial charge in [-0.15, -0.1) is 11.3 Å². The molecule has 2 rings (SSSR count). The van der Waals surface area contributed by atoms with Crippen molar-refractivity contribution in [1.29, 1.82) is 0 Å². The summed E-state index contributed by atoms with van der Waals surface area (Å²) >= 11 is 1.72. The Hall–Kier alpha value is -1.59. The summed E-state index contributed by atoms with van der Waals surface area (Å²) in [5, 5.41) is 1.10. The van der Waals surface area contributed by atoms with Crippen LogP contribution < -0.4 is 9.47 Å². The quantitative estimate of drug-likeness (QED) is 0.812. The average molecular weight is 307 g/mol. The molecular weight excluding hydrogens is 286 g/mol. The van der Waals surface area contributed by atoms with E-state index in [-0.39, 0.29) is 0 Å². The normalized spacial score (nSPS) is 12.2. The molecule has 0 aliphatic heterocycles. The molecule has 21 heavy (non-hydrogen) atoms. The van der Waals surface area contributed by atoms with Crippen LogP contribution in [-0.2, 0) is 4.74 Å². The number of thiazole rings is 1. The van der Waals surface area contributed by atoms with Crippen molar-refractivity contribution in [1.82, 2.24) is 4.98 Å². The number of aryl methyl sites for hydroxylation is 1. The van der Waals surface area contributed by atoms with Crippen molar-refractivity contribution < 1.29 is 14.2 Å². The van der Waals surface area contributed by atoms with E-state index in [1.54, 1.807) is 32.7 Å². The molecule has 1 heterocycles. The summed E-state index contributed by atoms with van der Waals surface area (Å²) in [6.45, 7) is 4.89. The molecule has 4 nitrogen and oxygen atoms in total. The van der Waals surface area contributed by atoms with Crippen molar-refractivity contribution in [3.8, 4) is 22.8 Å². The largest absolute Gasteiger partial charge is 0.493 e. The maximum absolute atomic E-state index is 5.36.